The van der Waals surface area contributed by atoms with Gasteiger partial charge in [0.25, 0.3) is 0 Å². The monoisotopic (exact) mass is 382 g/mol. The fourth-order valence-corrected chi connectivity index (χ4v) is 4.83. The topological polar surface area (TPSA) is 40.6 Å². The molecule has 5 rings (SSSR count). The summed E-state index contributed by atoms with van der Waals surface area (Å²) in [5.74, 6) is 2.14. The number of benzene rings is 1. The van der Waals surface area contributed by atoms with E-state index in [0.717, 1.165) is 49.6 Å². The van der Waals surface area contributed by atoms with Crippen LogP contribution in [-0.4, -0.2) is 55.8 Å². The van der Waals surface area contributed by atoms with Crippen LogP contribution in [0.5, 0.6) is 0 Å². The molecule has 1 saturated carbocycles. The number of aromatic nitrogens is 1. The molecule has 1 aromatic heterocycles. The van der Waals surface area contributed by atoms with E-state index in [0.29, 0.717) is 18.9 Å². The second kappa shape index (κ2) is 7.68. The van der Waals surface area contributed by atoms with Crippen LogP contribution >= 0.6 is 0 Å². The van der Waals surface area contributed by atoms with Gasteiger partial charge in [-0.15, -0.1) is 0 Å². The Morgan fingerprint density at radius 1 is 1.07 bits per heavy atom. The van der Waals surface area contributed by atoms with Crippen LogP contribution in [0.25, 0.3) is 0 Å². The van der Waals surface area contributed by atoms with Crippen LogP contribution in [0.15, 0.2) is 42.7 Å². The molecule has 2 aromatic rings. The van der Waals surface area contributed by atoms with Gasteiger partial charge in [0, 0.05) is 57.3 Å². The average molecular weight is 382 g/mol. The Morgan fingerprint density at radius 2 is 1.82 bits per heavy atom. The highest BCUT2D eigenvalue weighted by Gasteiger charge is 2.54. The maximum atomic E-state index is 14.5. The third-order valence-electron chi connectivity index (χ3n) is 6.44. The van der Waals surface area contributed by atoms with Crippen molar-refractivity contribution in [3.63, 3.8) is 0 Å². The van der Waals surface area contributed by atoms with Gasteiger partial charge in [0.2, 0.25) is 0 Å². The molecule has 0 bridgehead atoms. The largest absolute Gasteiger partial charge is 0.385 e. The Kier molecular flexibility index (Phi) is 4.91. The van der Waals surface area contributed by atoms with Crippen LogP contribution in [0.2, 0.25) is 0 Å². The Balaban J connectivity index is 1.10. The maximum Gasteiger partial charge on any atom is 0.148 e. The fraction of sp³-hybridized carbons (Fsp3) is 0.500. The quantitative estimate of drug-likeness (QED) is 0.832. The Morgan fingerprint density at radius 3 is 2.54 bits per heavy atom. The molecule has 3 aliphatic rings. The number of halogens is 1. The van der Waals surface area contributed by atoms with E-state index in [-0.39, 0.29) is 5.82 Å². The number of nitrogens with one attached hydrogen (secondary N) is 1. The van der Waals surface area contributed by atoms with Gasteiger partial charge in [-0.2, -0.15) is 0 Å². The highest BCUT2D eigenvalue weighted by molar-refractivity contribution is 5.56. The van der Waals surface area contributed by atoms with Crippen LogP contribution in [0.4, 0.5) is 15.8 Å². The first-order chi connectivity index (χ1) is 13.8. The van der Waals surface area contributed by atoms with Gasteiger partial charge in [0.15, 0.2) is 0 Å². The maximum absolute atomic E-state index is 14.5. The standard InChI is InChI=1S/C22H27FN4O/c23-21-11-17(1-2-22(21)27-7-9-28-10-8-27)25-12-18-19-14-26(15-20(18)19)13-16-3-5-24-6-4-16/h1-6,11,18-20,25H,7-10,12-15H2. The summed E-state index contributed by atoms with van der Waals surface area (Å²) < 4.78 is 19.9. The molecule has 2 aliphatic heterocycles. The minimum absolute atomic E-state index is 0.147. The number of hydrogen-bond donors (Lipinski definition) is 1. The Hall–Kier alpha value is -2.18. The summed E-state index contributed by atoms with van der Waals surface area (Å²) in [6, 6.07) is 9.73. The van der Waals surface area contributed by atoms with Crippen molar-refractivity contribution >= 4 is 11.4 Å². The van der Waals surface area contributed by atoms with Crippen LogP contribution in [0.1, 0.15) is 5.56 Å². The van der Waals surface area contributed by atoms with E-state index >= 15 is 0 Å². The molecule has 148 valence electrons. The summed E-state index contributed by atoms with van der Waals surface area (Å²) in [5, 5.41) is 3.46. The van der Waals surface area contributed by atoms with Gasteiger partial charge in [-0.1, -0.05) is 0 Å². The molecule has 28 heavy (non-hydrogen) atoms. The summed E-state index contributed by atoms with van der Waals surface area (Å²) in [7, 11) is 0. The van der Waals surface area contributed by atoms with Crippen LogP contribution in [-0.2, 0) is 11.3 Å². The lowest BCUT2D eigenvalue weighted by molar-refractivity contribution is 0.122. The van der Waals surface area contributed by atoms with E-state index in [2.05, 4.69) is 32.2 Å². The number of pyridine rings is 1. The van der Waals surface area contributed by atoms with Gasteiger partial charge in [-0.25, -0.2) is 4.39 Å². The van der Waals surface area contributed by atoms with E-state index in [1.807, 2.05) is 24.5 Å². The van der Waals surface area contributed by atoms with Gasteiger partial charge in [0.05, 0.1) is 18.9 Å². The van der Waals surface area contributed by atoms with Crippen molar-refractivity contribution < 1.29 is 9.13 Å². The molecule has 1 aliphatic carbocycles. The number of hydrogen-bond acceptors (Lipinski definition) is 5. The van der Waals surface area contributed by atoms with Crippen molar-refractivity contribution in [2.24, 2.45) is 17.8 Å². The van der Waals surface area contributed by atoms with E-state index in [1.165, 1.54) is 18.7 Å². The number of fused-ring (bicyclic) bond motifs is 1. The SMILES string of the molecule is Fc1cc(NCC2C3CN(Cc4ccncc4)CC23)ccc1N1CCOCC1. The molecule has 6 heteroatoms. The second-order valence-electron chi connectivity index (χ2n) is 8.19. The molecule has 0 radical (unpaired) electrons. The van der Waals surface area contributed by atoms with Crippen molar-refractivity contribution in [1.29, 1.82) is 0 Å². The van der Waals surface area contributed by atoms with Crippen LogP contribution < -0.4 is 10.2 Å². The average Bonchev–Trinajstić information content (AvgIpc) is 3.19. The van der Waals surface area contributed by atoms with Crippen molar-refractivity contribution in [3.05, 3.63) is 54.1 Å². The lowest BCUT2D eigenvalue weighted by Crippen LogP contribution is -2.36. The number of anilines is 2. The third kappa shape index (κ3) is 3.71. The minimum Gasteiger partial charge on any atom is -0.385 e. The molecule has 3 fully saturated rings. The lowest BCUT2D eigenvalue weighted by Gasteiger charge is -2.29. The Labute approximate surface area is 165 Å². The van der Waals surface area contributed by atoms with Crippen LogP contribution in [0, 0.1) is 23.6 Å². The molecule has 5 nitrogen and oxygen atoms in total. The molecule has 2 saturated heterocycles. The smallest absolute Gasteiger partial charge is 0.148 e. The van der Waals surface area contributed by atoms with E-state index in [9.17, 15) is 4.39 Å². The van der Waals surface area contributed by atoms with Gasteiger partial charge in [-0.3, -0.25) is 9.88 Å². The zero-order valence-corrected chi connectivity index (χ0v) is 16.1. The summed E-state index contributed by atoms with van der Waals surface area (Å²) in [5.41, 5.74) is 2.90. The molecule has 2 atom stereocenters. The number of likely N-dealkylation sites (tertiary alicyclic amines) is 1. The van der Waals surface area contributed by atoms with E-state index in [4.69, 9.17) is 4.74 Å². The Bertz CT molecular complexity index is 799. The van der Waals surface area contributed by atoms with Crippen molar-refractivity contribution in [3.8, 4) is 0 Å². The first-order valence-electron chi connectivity index (χ1n) is 10.3. The van der Waals surface area contributed by atoms with Crippen molar-refractivity contribution in [2.45, 2.75) is 6.54 Å². The van der Waals surface area contributed by atoms with Gasteiger partial charge in [0.1, 0.15) is 5.82 Å². The summed E-state index contributed by atoms with van der Waals surface area (Å²) >= 11 is 0. The zero-order chi connectivity index (χ0) is 18.9. The predicted octanol–water partition coefficient (Wildman–Crippen LogP) is 2.85. The minimum atomic E-state index is -0.147. The summed E-state index contributed by atoms with van der Waals surface area (Å²) in [6.07, 6.45) is 3.73. The third-order valence-corrected chi connectivity index (χ3v) is 6.44. The number of piperidine rings is 1. The highest BCUT2D eigenvalue weighted by Crippen LogP contribution is 2.51. The predicted molar refractivity (Wildman–Crippen MR) is 108 cm³/mol. The number of nitrogens with zero attached hydrogens (tertiary/aromatic N) is 3. The highest BCUT2D eigenvalue weighted by atomic mass is 19.1. The number of rotatable bonds is 6. The molecular weight excluding hydrogens is 355 g/mol. The second-order valence-corrected chi connectivity index (χ2v) is 8.19. The first kappa shape index (κ1) is 17.9. The van der Waals surface area contributed by atoms with E-state index in [1.54, 1.807) is 6.07 Å². The van der Waals surface area contributed by atoms with Gasteiger partial charge in [-0.05, 0) is 53.6 Å². The normalized spacial score (nSPS) is 26.9. The van der Waals surface area contributed by atoms with Crippen LogP contribution in [0.3, 0.4) is 0 Å². The zero-order valence-electron chi connectivity index (χ0n) is 16.1. The molecule has 0 amide bonds. The lowest BCUT2D eigenvalue weighted by atomic mass is 10.2. The molecular formula is C22H27FN4O. The molecule has 0 spiro atoms. The number of ether oxygens (including phenoxy) is 1. The summed E-state index contributed by atoms with van der Waals surface area (Å²) in [6.45, 7) is 7.15. The van der Waals surface area contributed by atoms with Gasteiger partial charge < -0.3 is 15.0 Å². The number of morpholine rings is 1. The van der Waals surface area contributed by atoms with Gasteiger partial charge >= 0.3 is 0 Å². The molecule has 2 unspecified atom stereocenters. The van der Waals surface area contributed by atoms with Crippen molar-refractivity contribution in [2.75, 3.05) is 56.2 Å². The summed E-state index contributed by atoms with van der Waals surface area (Å²) in [4.78, 5) is 8.69. The van der Waals surface area contributed by atoms with Crippen molar-refractivity contribution in [1.82, 2.24) is 9.88 Å². The first-order valence-corrected chi connectivity index (χ1v) is 10.3. The van der Waals surface area contributed by atoms with E-state index < -0.39 is 0 Å². The molecule has 1 aromatic carbocycles. The fourth-order valence-electron chi connectivity index (χ4n) is 4.83. The molecule has 3 heterocycles. The molecule has 1 N–H and O–H groups in total.